The molecule has 0 bridgehead atoms. The predicted molar refractivity (Wildman–Crippen MR) is 87.7 cm³/mol. The summed E-state index contributed by atoms with van der Waals surface area (Å²) in [5, 5.41) is 5.07. The number of benzene rings is 1. The van der Waals surface area contributed by atoms with Gasteiger partial charge in [-0.25, -0.2) is 4.98 Å². The zero-order valence-electron chi connectivity index (χ0n) is 12.4. The number of primary amides is 1. The van der Waals surface area contributed by atoms with Crippen molar-refractivity contribution in [3.63, 3.8) is 0 Å². The van der Waals surface area contributed by atoms with Crippen LogP contribution in [0.2, 0.25) is 0 Å². The number of hydrogen-bond donors (Lipinski definition) is 2. The van der Waals surface area contributed by atoms with Crippen LogP contribution in [0.15, 0.2) is 35.7 Å². The van der Waals surface area contributed by atoms with Crippen LogP contribution in [-0.2, 0) is 16.0 Å². The largest absolute Gasteiger partial charge is 0.369 e. The van der Waals surface area contributed by atoms with Crippen LogP contribution in [0.4, 0.5) is 5.13 Å². The van der Waals surface area contributed by atoms with Crippen molar-refractivity contribution in [2.45, 2.75) is 32.1 Å². The van der Waals surface area contributed by atoms with E-state index in [9.17, 15) is 9.59 Å². The number of amides is 2. The minimum atomic E-state index is -0.434. The third-order valence-corrected chi connectivity index (χ3v) is 4.04. The molecule has 22 heavy (non-hydrogen) atoms. The van der Waals surface area contributed by atoms with E-state index in [2.05, 4.69) is 17.2 Å². The Morgan fingerprint density at radius 2 is 2.05 bits per heavy atom. The number of nitrogens with two attached hydrogens (primary N) is 1. The highest BCUT2D eigenvalue weighted by molar-refractivity contribution is 7.13. The second kappa shape index (κ2) is 7.70. The molecule has 0 aliphatic carbocycles. The second-order valence-corrected chi connectivity index (χ2v) is 5.89. The normalized spacial score (nSPS) is 11.9. The highest BCUT2D eigenvalue weighted by Gasteiger charge is 2.20. The van der Waals surface area contributed by atoms with E-state index in [0.717, 1.165) is 18.4 Å². The minimum Gasteiger partial charge on any atom is -0.369 e. The molecule has 1 atom stereocenters. The summed E-state index contributed by atoms with van der Waals surface area (Å²) in [6.45, 7) is 2.05. The molecule has 2 aromatic rings. The van der Waals surface area contributed by atoms with E-state index in [1.165, 1.54) is 11.3 Å². The fourth-order valence-corrected chi connectivity index (χ4v) is 2.95. The van der Waals surface area contributed by atoms with Gasteiger partial charge in [0, 0.05) is 5.38 Å². The summed E-state index contributed by atoms with van der Waals surface area (Å²) < 4.78 is 0. The zero-order valence-corrected chi connectivity index (χ0v) is 13.2. The lowest BCUT2D eigenvalue weighted by Gasteiger charge is -2.15. The molecule has 0 saturated carbocycles. The summed E-state index contributed by atoms with van der Waals surface area (Å²) in [6.07, 6.45) is 1.77. The van der Waals surface area contributed by atoms with Gasteiger partial charge < -0.3 is 11.1 Å². The van der Waals surface area contributed by atoms with Crippen LogP contribution in [0.1, 0.15) is 36.9 Å². The zero-order chi connectivity index (χ0) is 15.9. The van der Waals surface area contributed by atoms with Gasteiger partial charge in [0.15, 0.2) is 5.13 Å². The number of carbonyl (C=O) groups is 2. The molecule has 2 amide bonds. The van der Waals surface area contributed by atoms with Gasteiger partial charge in [-0.1, -0.05) is 43.7 Å². The summed E-state index contributed by atoms with van der Waals surface area (Å²) in [6, 6.07) is 9.71. The summed E-state index contributed by atoms with van der Waals surface area (Å²) in [4.78, 5) is 27.6. The van der Waals surface area contributed by atoms with Crippen LogP contribution in [0.25, 0.3) is 0 Å². The molecule has 1 aromatic carbocycles. The second-order valence-electron chi connectivity index (χ2n) is 5.03. The SMILES string of the molecule is CCC[C@H](C(=O)Nc1nc(CC(N)=O)cs1)c1ccccc1. The Kier molecular flexibility index (Phi) is 5.66. The number of hydrogen-bond acceptors (Lipinski definition) is 4. The van der Waals surface area contributed by atoms with Gasteiger partial charge in [0.05, 0.1) is 18.0 Å². The summed E-state index contributed by atoms with van der Waals surface area (Å²) in [5.74, 6) is -0.709. The maximum Gasteiger partial charge on any atom is 0.233 e. The van der Waals surface area contributed by atoms with Gasteiger partial charge in [-0.2, -0.15) is 0 Å². The fourth-order valence-electron chi connectivity index (χ4n) is 2.24. The van der Waals surface area contributed by atoms with Gasteiger partial charge in [0.25, 0.3) is 0 Å². The molecule has 0 spiro atoms. The monoisotopic (exact) mass is 317 g/mol. The van der Waals surface area contributed by atoms with Gasteiger partial charge in [0.2, 0.25) is 11.8 Å². The van der Waals surface area contributed by atoms with Crippen molar-refractivity contribution in [3.8, 4) is 0 Å². The van der Waals surface area contributed by atoms with Crippen molar-refractivity contribution in [3.05, 3.63) is 47.0 Å². The lowest BCUT2D eigenvalue weighted by molar-refractivity contribution is -0.118. The molecular formula is C16H19N3O2S. The third-order valence-electron chi connectivity index (χ3n) is 3.23. The molecule has 0 radical (unpaired) electrons. The molecule has 3 N–H and O–H groups in total. The molecule has 1 heterocycles. The molecule has 5 nitrogen and oxygen atoms in total. The third kappa shape index (κ3) is 4.39. The Morgan fingerprint density at radius 1 is 1.32 bits per heavy atom. The predicted octanol–water partition coefficient (Wildman–Crippen LogP) is 2.69. The number of nitrogens with zero attached hydrogens (tertiary/aromatic N) is 1. The van der Waals surface area contributed by atoms with E-state index >= 15 is 0 Å². The van der Waals surface area contributed by atoms with Crippen LogP contribution in [0, 0.1) is 0 Å². The molecule has 0 aliphatic rings. The molecule has 116 valence electrons. The minimum absolute atomic E-state index is 0.0759. The summed E-state index contributed by atoms with van der Waals surface area (Å²) >= 11 is 1.30. The number of aromatic nitrogens is 1. The number of carbonyl (C=O) groups excluding carboxylic acids is 2. The Bertz CT molecular complexity index is 640. The van der Waals surface area contributed by atoms with Crippen molar-refractivity contribution >= 4 is 28.3 Å². The van der Waals surface area contributed by atoms with Gasteiger partial charge in [-0.15, -0.1) is 11.3 Å². The number of rotatable bonds is 7. The molecule has 0 fully saturated rings. The Labute approximate surface area is 133 Å². The van der Waals surface area contributed by atoms with Crippen molar-refractivity contribution < 1.29 is 9.59 Å². The lowest BCUT2D eigenvalue weighted by Crippen LogP contribution is -2.21. The van der Waals surface area contributed by atoms with Crippen LogP contribution in [-0.4, -0.2) is 16.8 Å². The van der Waals surface area contributed by atoms with E-state index < -0.39 is 5.91 Å². The van der Waals surface area contributed by atoms with Gasteiger partial charge in [-0.05, 0) is 12.0 Å². The molecular weight excluding hydrogens is 298 g/mol. The van der Waals surface area contributed by atoms with Crippen LogP contribution < -0.4 is 11.1 Å². The van der Waals surface area contributed by atoms with E-state index in [1.807, 2.05) is 30.3 Å². The topological polar surface area (TPSA) is 85.1 Å². The number of nitrogens with one attached hydrogen (secondary N) is 1. The fraction of sp³-hybridized carbons (Fsp3) is 0.312. The number of thiazole rings is 1. The molecule has 6 heteroatoms. The van der Waals surface area contributed by atoms with Gasteiger partial charge in [0.1, 0.15) is 0 Å². The first-order valence-electron chi connectivity index (χ1n) is 7.18. The van der Waals surface area contributed by atoms with E-state index in [1.54, 1.807) is 5.38 Å². The molecule has 1 aromatic heterocycles. The maximum absolute atomic E-state index is 12.5. The lowest BCUT2D eigenvalue weighted by atomic mass is 9.94. The smallest absolute Gasteiger partial charge is 0.233 e. The average Bonchev–Trinajstić information content (AvgIpc) is 2.91. The summed E-state index contributed by atoms with van der Waals surface area (Å²) in [5.41, 5.74) is 6.72. The van der Waals surface area contributed by atoms with Gasteiger partial charge in [-0.3, -0.25) is 9.59 Å². The Morgan fingerprint density at radius 3 is 2.68 bits per heavy atom. The quantitative estimate of drug-likeness (QED) is 0.823. The Hall–Kier alpha value is -2.21. The first-order valence-corrected chi connectivity index (χ1v) is 8.06. The standard InChI is InChI=1S/C16H19N3O2S/c1-2-6-13(11-7-4-3-5-8-11)15(21)19-16-18-12(10-22-16)9-14(17)20/h3-5,7-8,10,13H,2,6,9H2,1H3,(H2,17,20)(H,18,19,21)/t13-/m0/s1. The van der Waals surface area contributed by atoms with E-state index in [4.69, 9.17) is 5.73 Å². The number of anilines is 1. The first kappa shape index (κ1) is 16.2. The van der Waals surface area contributed by atoms with Crippen molar-refractivity contribution in [2.24, 2.45) is 5.73 Å². The van der Waals surface area contributed by atoms with E-state index in [-0.39, 0.29) is 18.2 Å². The van der Waals surface area contributed by atoms with Crippen molar-refractivity contribution in [2.75, 3.05) is 5.32 Å². The summed E-state index contributed by atoms with van der Waals surface area (Å²) in [7, 11) is 0. The Balaban J connectivity index is 2.08. The maximum atomic E-state index is 12.5. The van der Waals surface area contributed by atoms with Crippen molar-refractivity contribution in [1.29, 1.82) is 0 Å². The van der Waals surface area contributed by atoms with Crippen LogP contribution in [0.5, 0.6) is 0 Å². The molecule has 0 saturated heterocycles. The van der Waals surface area contributed by atoms with Crippen LogP contribution in [0.3, 0.4) is 0 Å². The van der Waals surface area contributed by atoms with Gasteiger partial charge >= 0.3 is 0 Å². The first-order chi connectivity index (χ1) is 10.6. The average molecular weight is 317 g/mol. The molecule has 0 unspecified atom stereocenters. The highest BCUT2D eigenvalue weighted by atomic mass is 32.1. The van der Waals surface area contributed by atoms with Crippen LogP contribution >= 0.6 is 11.3 Å². The van der Waals surface area contributed by atoms with E-state index in [0.29, 0.717) is 10.8 Å². The molecule has 0 aliphatic heterocycles. The highest BCUT2D eigenvalue weighted by Crippen LogP contribution is 2.24. The van der Waals surface area contributed by atoms with Crippen molar-refractivity contribution in [1.82, 2.24) is 4.98 Å². The molecule has 2 rings (SSSR count).